The second-order valence-corrected chi connectivity index (χ2v) is 6.53. The maximum atomic E-state index is 5.73. The zero-order valence-electron chi connectivity index (χ0n) is 15.3. The average Bonchev–Trinajstić information content (AvgIpc) is 3.20. The van der Waals surface area contributed by atoms with Crippen molar-refractivity contribution in [1.29, 1.82) is 0 Å². The number of fused-ring (bicyclic) bond motifs is 1. The molecular weight excluding hydrogens is 374 g/mol. The van der Waals surface area contributed by atoms with Gasteiger partial charge in [-0.2, -0.15) is 0 Å². The minimum atomic E-state index is 0.232. The molecule has 3 aromatic rings. The minimum Gasteiger partial charge on any atom is -0.497 e. The Kier molecular flexibility index (Phi) is 5.25. The largest absolute Gasteiger partial charge is 0.497 e. The van der Waals surface area contributed by atoms with Gasteiger partial charge >= 0.3 is 0 Å². The topological polar surface area (TPSA) is 55.9 Å². The first-order chi connectivity index (χ1) is 13.7. The number of anilines is 2. The van der Waals surface area contributed by atoms with E-state index in [1.54, 1.807) is 19.5 Å². The molecule has 0 bridgehead atoms. The Bertz CT molecular complexity index is 982. The number of rotatable bonds is 5. The van der Waals surface area contributed by atoms with Crippen molar-refractivity contribution in [3.63, 3.8) is 0 Å². The van der Waals surface area contributed by atoms with E-state index in [1.807, 2.05) is 59.5 Å². The molecule has 0 atom stereocenters. The molecule has 0 saturated heterocycles. The van der Waals surface area contributed by atoms with Crippen molar-refractivity contribution in [2.75, 3.05) is 24.1 Å². The Morgan fingerprint density at radius 2 is 1.93 bits per heavy atom. The van der Waals surface area contributed by atoms with Crippen molar-refractivity contribution in [2.45, 2.75) is 6.54 Å². The Morgan fingerprint density at radius 3 is 2.75 bits per heavy atom. The lowest BCUT2D eigenvalue weighted by atomic mass is 10.2. The van der Waals surface area contributed by atoms with E-state index in [1.165, 1.54) is 0 Å². The Hall–Kier alpha value is -3.32. The van der Waals surface area contributed by atoms with Gasteiger partial charge in [0.1, 0.15) is 5.75 Å². The highest BCUT2D eigenvalue weighted by molar-refractivity contribution is 7.80. The van der Waals surface area contributed by atoms with Gasteiger partial charge in [-0.25, -0.2) is 0 Å². The molecule has 1 N–H and O–H groups in total. The molecule has 0 spiro atoms. The third-order valence-electron chi connectivity index (χ3n) is 4.32. The molecular formula is C21H19N3O3S. The molecule has 0 fully saturated rings. The summed E-state index contributed by atoms with van der Waals surface area (Å²) in [5.41, 5.74) is 2.84. The normalized spacial score (nSPS) is 11.8. The third-order valence-corrected chi connectivity index (χ3v) is 4.65. The summed E-state index contributed by atoms with van der Waals surface area (Å²) in [4.78, 5) is 6.09. The highest BCUT2D eigenvalue weighted by Crippen LogP contribution is 2.36. The smallest absolute Gasteiger partial charge is 0.231 e. The van der Waals surface area contributed by atoms with Gasteiger partial charge in [0.2, 0.25) is 6.79 Å². The summed E-state index contributed by atoms with van der Waals surface area (Å²) in [5.74, 6) is 2.21. The van der Waals surface area contributed by atoms with Gasteiger partial charge in [-0.3, -0.25) is 4.98 Å². The lowest BCUT2D eigenvalue weighted by Crippen LogP contribution is -2.34. The Balaban J connectivity index is 1.63. The van der Waals surface area contributed by atoms with E-state index in [0.717, 1.165) is 28.4 Å². The number of aromatic nitrogens is 1. The molecule has 1 aliphatic rings. The van der Waals surface area contributed by atoms with E-state index in [0.29, 0.717) is 17.4 Å². The van der Waals surface area contributed by atoms with Crippen LogP contribution in [0, 0.1) is 0 Å². The molecule has 0 amide bonds. The van der Waals surface area contributed by atoms with E-state index >= 15 is 0 Å². The predicted octanol–water partition coefficient (Wildman–Crippen LogP) is 4.22. The molecule has 2 heterocycles. The van der Waals surface area contributed by atoms with Crippen molar-refractivity contribution in [2.24, 2.45) is 0 Å². The van der Waals surface area contributed by atoms with Crippen molar-refractivity contribution in [3.05, 3.63) is 72.6 Å². The number of pyridine rings is 1. The minimum absolute atomic E-state index is 0.232. The third kappa shape index (κ3) is 3.99. The van der Waals surface area contributed by atoms with Crippen LogP contribution in [0.4, 0.5) is 11.4 Å². The molecule has 7 heteroatoms. The first-order valence-corrected chi connectivity index (χ1v) is 9.15. The van der Waals surface area contributed by atoms with Crippen LogP contribution < -0.4 is 24.4 Å². The SMILES string of the molecule is COc1cccc(NC(=S)N(Cc2ccncc2)c2ccc3c(c2)OCO3)c1. The van der Waals surface area contributed by atoms with Crippen molar-refractivity contribution >= 4 is 28.7 Å². The summed E-state index contributed by atoms with van der Waals surface area (Å²) in [6.45, 7) is 0.813. The van der Waals surface area contributed by atoms with Crippen LogP contribution in [0.1, 0.15) is 5.56 Å². The quantitative estimate of drug-likeness (QED) is 0.651. The molecule has 4 rings (SSSR count). The molecule has 0 unspecified atom stereocenters. The number of methoxy groups -OCH3 is 1. The van der Waals surface area contributed by atoms with Crippen LogP contribution in [0.3, 0.4) is 0 Å². The number of hydrogen-bond donors (Lipinski definition) is 1. The van der Waals surface area contributed by atoms with E-state index in [-0.39, 0.29) is 6.79 Å². The van der Waals surface area contributed by atoms with Crippen LogP contribution in [-0.2, 0) is 6.54 Å². The van der Waals surface area contributed by atoms with E-state index in [4.69, 9.17) is 26.4 Å². The van der Waals surface area contributed by atoms with Gasteiger partial charge in [0.25, 0.3) is 0 Å². The summed E-state index contributed by atoms with van der Waals surface area (Å²) in [6, 6.07) is 17.4. The van der Waals surface area contributed by atoms with Gasteiger partial charge in [-0.15, -0.1) is 0 Å². The summed E-state index contributed by atoms with van der Waals surface area (Å²) in [6.07, 6.45) is 3.54. The van der Waals surface area contributed by atoms with Gasteiger partial charge in [-0.05, 0) is 54.2 Å². The standard InChI is InChI=1S/C21H19N3O3S/c1-25-18-4-2-3-16(11-18)23-21(28)24(13-15-7-9-22-10-8-15)17-5-6-19-20(12-17)27-14-26-19/h2-12H,13-14H2,1H3,(H,23,28). The molecule has 6 nitrogen and oxygen atoms in total. The van der Waals surface area contributed by atoms with Gasteiger partial charge in [0.15, 0.2) is 16.6 Å². The van der Waals surface area contributed by atoms with Gasteiger partial charge in [0, 0.05) is 35.9 Å². The maximum absolute atomic E-state index is 5.73. The van der Waals surface area contributed by atoms with Crippen molar-refractivity contribution in [1.82, 2.24) is 4.98 Å². The fraction of sp³-hybridized carbons (Fsp3) is 0.143. The first kappa shape index (κ1) is 18.1. The molecule has 2 aromatic carbocycles. The van der Waals surface area contributed by atoms with Crippen molar-refractivity contribution in [3.8, 4) is 17.2 Å². The summed E-state index contributed by atoms with van der Waals surface area (Å²) < 4.78 is 16.2. The lowest BCUT2D eigenvalue weighted by molar-refractivity contribution is 0.174. The summed E-state index contributed by atoms with van der Waals surface area (Å²) in [7, 11) is 1.64. The second-order valence-electron chi connectivity index (χ2n) is 6.14. The number of nitrogens with zero attached hydrogens (tertiary/aromatic N) is 2. The van der Waals surface area contributed by atoms with Crippen LogP contribution in [0.2, 0.25) is 0 Å². The molecule has 142 valence electrons. The van der Waals surface area contributed by atoms with E-state index in [9.17, 15) is 0 Å². The summed E-state index contributed by atoms with van der Waals surface area (Å²) in [5, 5.41) is 3.85. The molecule has 0 saturated carbocycles. The molecule has 1 aliphatic heterocycles. The number of benzene rings is 2. The van der Waals surface area contributed by atoms with Crippen LogP contribution in [0.25, 0.3) is 0 Å². The zero-order valence-corrected chi connectivity index (χ0v) is 16.1. The van der Waals surface area contributed by atoms with Crippen molar-refractivity contribution < 1.29 is 14.2 Å². The lowest BCUT2D eigenvalue weighted by Gasteiger charge is -2.26. The summed E-state index contributed by atoms with van der Waals surface area (Å²) >= 11 is 5.73. The van der Waals surface area contributed by atoms with E-state index < -0.39 is 0 Å². The fourth-order valence-corrected chi connectivity index (χ4v) is 3.18. The maximum Gasteiger partial charge on any atom is 0.231 e. The molecule has 28 heavy (non-hydrogen) atoms. The molecule has 0 radical (unpaired) electrons. The molecule has 0 aliphatic carbocycles. The highest BCUT2D eigenvalue weighted by atomic mass is 32.1. The zero-order chi connectivity index (χ0) is 19.3. The number of ether oxygens (including phenoxy) is 3. The van der Waals surface area contributed by atoms with Crippen LogP contribution in [0.15, 0.2) is 67.0 Å². The fourth-order valence-electron chi connectivity index (χ4n) is 2.90. The average molecular weight is 393 g/mol. The van der Waals surface area contributed by atoms with Gasteiger partial charge < -0.3 is 24.4 Å². The van der Waals surface area contributed by atoms with Crippen LogP contribution >= 0.6 is 12.2 Å². The number of hydrogen-bond acceptors (Lipinski definition) is 5. The number of nitrogens with one attached hydrogen (secondary N) is 1. The second kappa shape index (κ2) is 8.14. The number of thiocarbonyl (C=S) groups is 1. The van der Waals surface area contributed by atoms with E-state index in [2.05, 4.69) is 10.3 Å². The Morgan fingerprint density at radius 1 is 1.11 bits per heavy atom. The Labute approximate surface area is 168 Å². The van der Waals surface area contributed by atoms with Crippen LogP contribution in [0.5, 0.6) is 17.2 Å². The highest BCUT2D eigenvalue weighted by Gasteiger charge is 2.19. The van der Waals surface area contributed by atoms with Gasteiger partial charge in [0.05, 0.1) is 13.7 Å². The monoisotopic (exact) mass is 393 g/mol. The van der Waals surface area contributed by atoms with Gasteiger partial charge in [-0.1, -0.05) is 6.07 Å². The first-order valence-electron chi connectivity index (χ1n) is 8.74. The predicted molar refractivity (Wildman–Crippen MR) is 112 cm³/mol. The van der Waals surface area contributed by atoms with Crippen LogP contribution in [-0.4, -0.2) is 24.0 Å². The molecule has 1 aromatic heterocycles.